The first-order chi connectivity index (χ1) is 12.9. The van der Waals surface area contributed by atoms with Gasteiger partial charge in [-0.3, -0.25) is 14.9 Å². The average Bonchev–Trinajstić information content (AvgIpc) is 3.18. The molecule has 1 aromatic carbocycles. The molecule has 1 saturated heterocycles. The predicted molar refractivity (Wildman–Crippen MR) is 99.8 cm³/mol. The van der Waals surface area contributed by atoms with Gasteiger partial charge in [0.05, 0.1) is 0 Å². The average molecular weight is 351 g/mol. The van der Waals surface area contributed by atoms with Gasteiger partial charge in [-0.25, -0.2) is 5.01 Å². The van der Waals surface area contributed by atoms with E-state index in [1.165, 1.54) is 11.1 Å². The monoisotopic (exact) mass is 351 g/mol. The van der Waals surface area contributed by atoms with Crippen molar-refractivity contribution >= 4 is 0 Å². The summed E-state index contributed by atoms with van der Waals surface area (Å²) < 4.78 is 0. The molecule has 3 heterocycles. The Morgan fingerprint density at radius 1 is 1.00 bits per heavy atom. The van der Waals surface area contributed by atoms with Gasteiger partial charge >= 0.3 is 0 Å². The zero-order valence-electron chi connectivity index (χ0n) is 14.9. The molecule has 1 N–H and O–H groups in total. The van der Waals surface area contributed by atoms with E-state index in [0.29, 0.717) is 6.67 Å². The van der Waals surface area contributed by atoms with Gasteiger partial charge in [0.25, 0.3) is 0 Å². The van der Waals surface area contributed by atoms with E-state index in [-0.39, 0.29) is 6.17 Å². The van der Waals surface area contributed by atoms with Crippen molar-refractivity contribution < 1.29 is 0 Å². The standard InChI is InChI=1S/C19H25N7/c1-2-5-17(6-3-1)8-12-25-16-26(23-22-25)19(18-7-4-9-21-15-18)24-13-10-20-11-14-24/h1-7,9,15,19-20H,8,10-14,16H2. The van der Waals surface area contributed by atoms with Crippen molar-refractivity contribution in [2.24, 2.45) is 10.4 Å². The van der Waals surface area contributed by atoms with Gasteiger partial charge in [-0.15, -0.1) is 0 Å². The van der Waals surface area contributed by atoms with Gasteiger partial charge in [0, 0.05) is 50.7 Å². The van der Waals surface area contributed by atoms with Crippen LogP contribution in [-0.2, 0) is 6.42 Å². The lowest BCUT2D eigenvalue weighted by Gasteiger charge is -2.38. The fourth-order valence-electron chi connectivity index (χ4n) is 3.50. The fourth-order valence-corrected chi connectivity index (χ4v) is 3.50. The van der Waals surface area contributed by atoms with Crippen LogP contribution in [0.5, 0.6) is 0 Å². The van der Waals surface area contributed by atoms with Crippen LogP contribution in [0.15, 0.2) is 65.3 Å². The van der Waals surface area contributed by atoms with Crippen LogP contribution in [0, 0.1) is 0 Å². The van der Waals surface area contributed by atoms with Crippen molar-refractivity contribution in [3.63, 3.8) is 0 Å². The van der Waals surface area contributed by atoms with Crippen molar-refractivity contribution in [3.05, 3.63) is 66.0 Å². The zero-order chi connectivity index (χ0) is 17.6. The molecule has 0 spiro atoms. The zero-order valence-corrected chi connectivity index (χ0v) is 14.9. The van der Waals surface area contributed by atoms with Crippen LogP contribution in [0.25, 0.3) is 0 Å². The van der Waals surface area contributed by atoms with Crippen LogP contribution < -0.4 is 5.32 Å². The summed E-state index contributed by atoms with van der Waals surface area (Å²) in [6, 6.07) is 14.6. The van der Waals surface area contributed by atoms with Crippen molar-refractivity contribution in [3.8, 4) is 0 Å². The van der Waals surface area contributed by atoms with E-state index in [1.807, 2.05) is 29.5 Å². The van der Waals surface area contributed by atoms with Crippen LogP contribution >= 0.6 is 0 Å². The molecule has 2 aliphatic rings. The number of rotatable bonds is 6. The molecule has 0 bridgehead atoms. The third-order valence-electron chi connectivity index (χ3n) is 4.85. The molecule has 4 rings (SSSR count). The van der Waals surface area contributed by atoms with Gasteiger partial charge < -0.3 is 5.32 Å². The van der Waals surface area contributed by atoms with E-state index in [2.05, 4.69) is 61.0 Å². The SMILES string of the molecule is c1ccc(CCN2CN(C(c3cccnc3)N3CCNCC3)N=N2)cc1. The molecule has 7 heteroatoms. The maximum absolute atomic E-state index is 4.48. The highest BCUT2D eigenvalue weighted by atomic mass is 15.8. The van der Waals surface area contributed by atoms with Gasteiger partial charge in [-0.1, -0.05) is 41.6 Å². The Morgan fingerprint density at radius 2 is 1.85 bits per heavy atom. The molecule has 1 atom stereocenters. The second-order valence-corrected chi connectivity index (χ2v) is 6.67. The molecule has 136 valence electrons. The number of pyridine rings is 1. The number of hydrogen-bond donors (Lipinski definition) is 1. The topological polar surface area (TPSA) is 59.4 Å². The molecule has 0 aliphatic carbocycles. The molecule has 26 heavy (non-hydrogen) atoms. The minimum absolute atomic E-state index is 0.0799. The first kappa shape index (κ1) is 16.9. The summed E-state index contributed by atoms with van der Waals surface area (Å²) in [7, 11) is 0. The first-order valence-corrected chi connectivity index (χ1v) is 9.22. The van der Waals surface area contributed by atoms with Gasteiger partial charge in [0.1, 0.15) is 12.8 Å². The molecule has 1 aromatic heterocycles. The van der Waals surface area contributed by atoms with Gasteiger partial charge in [0.15, 0.2) is 0 Å². The molecule has 1 unspecified atom stereocenters. The molecule has 0 amide bonds. The number of benzene rings is 1. The third kappa shape index (κ3) is 4.00. The second-order valence-electron chi connectivity index (χ2n) is 6.67. The van der Waals surface area contributed by atoms with Crippen LogP contribution in [0.2, 0.25) is 0 Å². The summed E-state index contributed by atoms with van der Waals surface area (Å²) >= 11 is 0. The van der Waals surface area contributed by atoms with Crippen molar-refractivity contribution in [1.82, 2.24) is 25.2 Å². The van der Waals surface area contributed by atoms with E-state index in [9.17, 15) is 0 Å². The minimum Gasteiger partial charge on any atom is -0.314 e. The van der Waals surface area contributed by atoms with Crippen molar-refractivity contribution in [2.75, 3.05) is 39.4 Å². The number of hydrogen-bond acceptors (Lipinski definition) is 7. The Morgan fingerprint density at radius 3 is 2.62 bits per heavy atom. The summed E-state index contributed by atoms with van der Waals surface area (Å²) in [5, 5.41) is 16.4. The van der Waals surface area contributed by atoms with Gasteiger partial charge in [-0.05, 0) is 23.3 Å². The smallest absolute Gasteiger partial charge is 0.130 e. The highest BCUT2D eigenvalue weighted by Crippen LogP contribution is 2.28. The van der Waals surface area contributed by atoms with E-state index >= 15 is 0 Å². The van der Waals surface area contributed by atoms with E-state index < -0.39 is 0 Å². The van der Waals surface area contributed by atoms with Crippen LogP contribution in [0.4, 0.5) is 0 Å². The highest BCUT2D eigenvalue weighted by Gasteiger charge is 2.31. The minimum atomic E-state index is 0.0799. The molecular weight excluding hydrogens is 326 g/mol. The molecule has 2 aromatic rings. The fraction of sp³-hybridized carbons (Fsp3) is 0.421. The van der Waals surface area contributed by atoms with Gasteiger partial charge in [-0.2, -0.15) is 0 Å². The Labute approximate surface area is 154 Å². The lowest BCUT2D eigenvalue weighted by Crippen LogP contribution is -2.49. The van der Waals surface area contributed by atoms with E-state index in [0.717, 1.165) is 39.1 Å². The Hall–Kier alpha value is -2.51. The van der Waals surface area contributed by atoms with Crippen LogP contribution in [0.1, 0.15) is 17.3 Å². The first-order valence-electron chi connectivity index (χ1n) is 9.22. The van der Waals surface area contributed by atoms with Crippen molar-refractivity contribution in [1.29, 1.82) is 0 Å². The normalized spacial score (nSPS) is 19.1. The van der Waals surface area contributed by atoms with E-state index in [4.69, 9.17) is 0 Å². The summed E-state index contributed by atoms with van der Waals surface area (Å²) in [4.78, 5) is 6.76. The van der Waals surface area contributed by atoms with Crippen LogP contribution in [-0.4, -0.2) is 59.3 Å². The molecule has 1 fully saturated rings. The molecule has 7 nitrogen and oxygen atoms in total. The van der Waals surface area contributed by atoms with E-state index in [1.54, 1.807) is 0 Å². The molecule has 0 radical (unpaired) electrons. The molecule has 0 saturated carbocycles. The summed E-state index contributed by atoms with van der Waals surface area (Å²) in [5.41, 5.74) is 2.49. The number of piperazine rings is 1. The largest absolute Gasteiger partial charge is 0.314 e. The molecule has 2 aliphatic heterocycles. The summed E-state index contributed by atoms with van der Waals surface area (Å²) in [5.74, 6) is 0. The number of nitrogens with zero attached hydrogens (tertiary/aromatic N) is 6. The predicted octanol–water partition coefficient (Wildman–Crippen LogP) is 2.09. The quantitative estimate of drug-likeness (QED) is 0.863. The Bertz CT molecular complexity index is 700. The molecular formula is C19H25N7. The maximum Gasteiger partial charge on any atom is 0.130 e. The van der Waals surface area contributed by atoms with Crippen LogP contribution in [0.3, 0.4) is 0 Å². The second kappa shape index (κ2) is 8.25. The van der Waals surface area contributed by atoms with Crippen molar-refractivity contribution in [2.45, 2.75) is 12.6 Å². The Balaban J connectivity index is 1.42. The lowest BCUT2D eigenvalue weighted by molar-refractivity contribution is 0.0242. The third-order valence-corrected chi connectivity index (χ3v) is 4.85. The maximum atomic E-state index is 4.48. The number of nitrogens with one attached hydrogen (secondary N) is 1. The number of aromatic nitrogens is 1. The van der Waals surface area contributed by atoms with Gasteiger partial charge in [0.2, 0.25) is 0 Å². The summed E-state index contributed by atoms with van der Waals surface area (Å²) in [6.07, 6.45) is 4.81. The highest BCUT2D eigenvalue weighted by molar-refractivity contribution is 5.15. The summed E-state index contributed by atoms with van der Waals surface area (Å²) in [6.45, 7) is 5.56. The lowest BCUT2D eigenvalue weighted by atomic mass is 10.1. The Kier molecular flexibility index (Phi) is 5.37.